The zero-order valence-corrected chi connectivity index (χ0v) is 9.07. The van der Waals surface area contributed by atoms with Crippen molar-refractivity contribution in [3.8, 4) is 0 Å². The summed E-state index contributed by atoms with van der Waals surface area (Å²) in [7, 11) is 0. The van der Waals surface area contributed by atoms with Crippen molar-refractivity contribution < 1.29 is 13.6 Å². The molecule has 1 nitrogen and oxygen atoms in total. The maximum atomic E-state index is 12.8. The standard InChI is InChI=1S/C11H18F2O/c1-10(2,3)9(14)8-4-6-11(12,13)7-5-8/h8H,4-7H2,1-3H3. The predicted molar refractivity (Wildman–Crippen MR) is 51.4 cm³/mol. The Hall–Kier alpha value is -0.470. The van der Waals surface area contributed by atoms with Gasteiger partial charge in [-0.15, -0.1) is 0 Å². The zero-order valence-electron chi connectivity index (χ0n) is 9.07. The van der Waals surface area contributed by atoms with Gasteiger partial charge in [0.25, 0.3) is 0 Å². The van der Waals surface area contributed by atoms with E-state index < -0.39 is 11.3 Å². The molecule has 0 aliphatic heterocycles. The van der Waals surface area contributed by atoms with E-state index >= 15 is 0 Å². The van der Waals surface area contributed by atoms with Crippen LogP contribution in [-0.4, -0.2) is 11.7 Å². The van der Waals surface area contributed by atoms with Gasteiger partial charge in [0, 0.05) is 24.2 Å². The Morgan fingerprint density at radius 1 is 1.21 bits per heavy atom. The lowest BCUT2D eigenvalue weighted by atomic mass is 9.75. The summed E-state index contributed by atoms with van der Waals surface area (Å²) in [5, 5.41) is 0. The summed E-state index contributed by atoms with van der Waals surface area (Å²) in [5.41, 5.74) is -0.392. The van der Waals surface area contributed by atoms with Crippen LogP contribution in [0.15, 0.2) is 0 Å². The molecule has 82 valence electrons. The summed E-state index contributed by atoms with van der Waals surface area (Å²) < 4.78 is 25.7. The summed E-state index contributed by atoms with van der Waals surface area (Å²) in [4.78, 5) is 11.8. The Bertz CT molecular complexity index is 218. The van der Waals surface area contributed by atoms with Crippen LogP contribution in [0.4, 0.5) is 8.78 Å². The number of Topliss-reactive ketones (excluding diaryl/α,β-unsaturated/α-hetero) is 1. The van der Waals surface area contributed by atoms with Crippen molar-refractivity contribution in [3.05, 3.63) is 0 Å². The molecule has 1 rings (SSSR count). The third kappa shape index (κ3) is 2.76. The van der Waals surface area contributed by atoms with Crippen LogP contribution in [0, 0.1) is 11.3 Å². The fourth-order valence-electron chi connectivity index (χ4n) is 1.91. The van der Waals surface area contributed by atoms with E-state index in [2.05, 4.69) is 0 Å². The van der Waals surface area contributed by atoms with E-state index in [0.717, 1.165) is 0 Å². The van der Waals surface area contributed by atoms with E-state index in [0.29, 0.717) is 12.8 Å². The lowest BCUT2D eigenvalue weighted by molar-refractivity contribution is -0.134. The Balaban J connectivity index is 2.55. The molecule has 3 heteroatoms. The van der Waals surface area contributed by atoms with Gasteiger partial charge in [-0.2, -0.15) is 0 Å². The van der Waals surface area contributed by atoms with Crippen molar-refractivity contribution in [1.82, 2.24) is 0 Å². The predicted octanol–water partition coefficient (Wildman–Crippen LogP) is 3.43. The van der Waals surface area contributed by atoms with Gasteiger partial charge in [0.1, 0.15) is 5.78 Å². The van der Waals surface area contributed by atoms with Gasteiger partial charge in [0.2, 0.25) is 5.92 Å². The lowest BCUT2D eigenvalue weighted by Crippen LogP contribution is -2.34. The van der Waals surface area contributed by atoms with Crippen molar-refractivity contribution >= 4 is 5.78 Å². The van der Waals surface area contributed by atoms with Gasteiger partial charge < -0.3 is 0 Å². The van der Waals surface area contributed by atoms with Crippen LogP contribution in [0.2, 0.25) is 0 Å². The summed E-state index contributed by atoms with van der Waals surface area (Å²) in [5.74, 6) is -2.54. The van der Waals surface area contributed by atoms with Crippen LogP contribution in [0.25, 0.3) is 0 Å². The molecule has 0 bridgehead atoms. The molecule has 0 amide bonds. The van der Waals surface area contributed by atoms with Crippen LogP contribution >= 0.6 is 0 Å². The Labute approximate surface area is 83.9 Å². The Kier molecular flexibility index (Phi) is 2.98. The molecule has 0 N–H and O–H groups in total. The number of hydrogen-bond acceptors (Lipinski definition) is 1. The van der Waals surface area contributed by atoms with Crippen LogP contribution in [-0.2, 0) is 4.79 Å². The maximum absolute atomic E-state index is 12.8. The van der Waals surface area contributed by atoms with Gasteiger partial charge in [-0.1, -0.05) is 20.8 Å². The fraction of sp³-hybridized carbons (Fsp3) is 0.909. The second kappa shape index (κ2) is 3.59. The third-order valence-corrected chi connectivity index (χ3v) is 2.83. The number of carbonyl (C=O) groups excluding carboxylic acids is 1. The smallest absolute Gasteiger partial charge is 0.248 e. The van der Waals surface area contributed by atoms with E-state index in [1.54, 1.807) is 0 Å². The maximum Gasteiger partial charge on any atom is 0.248 e. The minimum Gasteiger partial charge on any atom is -0.299 e. The molecule has 14 heavy (non-hydrogen) atoms. The summed E-state index contributed by atoms with van der Waals surface area (Å²) in [6.07, 6.45) is 0.450. The van der Waals surface area contributed by atoms with Gasteiger partial charge in [0.05, 0.1) is 0 Å². The molecule has 0 saturated heterocycles. The van der Waals surface area contributed by atoms with Gasteiger partial charge in [0.15, 0.2) is 0 Å². The third-order valence-electron chi connectivity index (χ3n) is 2.83. The molecular weight excluding hydrogens is 186 g/mol. The highest BCUT2D eigenvalue weighted by atomic mass is 19.3. The first kappa shape index (κ1) is 11.6. The van der Waals surface area contributed by atoms with Crippen LogP contribution in [0.5, 0.6) is 0 Å². The van der Waals surface area contributed by atoms with Gasteiger partial charge in [-0.05, 0) is 12.8 Å². The molecule has 0 aromatic heterocycles. The van der Waals surface area contributed by atoms with Crippen molar-refractivity contribution in [2.24, 2.45) is 11.3 Å². The van der Waals surface area contributed by atoms with Gasteiger partial charge in [-0.3, -0.25) is 4.79 Å². The molecular formula is C11H18F2O. The van der Waals surface area contributed by atoms with Gasteiger partial charge in [-0.25, -0.2) is 8.78 Å². The first-order valence-electron chi connectivity index (χ1n) is 5.14. The molecule has 0 aromatic rings. The minimum atomic E-state index is -2.53. The lowest BCUT2D eigenvalue weighted by Gasteiger charge is -2.31. The fourth-order valence-corrected chi connectivity index (χ4v) is 1.91. The van der Waals surface area contributed by atoms with E-state index in [4.69, 9.17) is 0 Å². The number of hydrogen-bond donors (Lipinski definition) is 0. The summed E-state index contributed by atoms with van der Waals surface area (Å²) in [6, 6.07) is 0. The highest BCUT2D eigenvalue weighted by molar-refractivity contribution is 5.86. The highest BCUT2D eigenvalue weighted by Crippen LogP contribution is 2.38. The normalized spacial score (nSPS) is 23.5. The van der Waals surface area contributed by atoms with E-state index in [-0.39, 0.29) is 24.5 Å². The molecule has 0 unspecified atom stereocenters. The zero-order chi connectivity index (χ0) is 11.0. The van der Waals surface area contributed by atoms with Crippen LogP contribution < -0.4 is 0 Å². The van der Waals surface area contributed by atoms with Crippen molar-refractivity contribution in [2.75, 3.05) is 0 Å². The number of rotatable bonds is 1. The molecule has 1 aliphatic carbocycles. The molecule has 0 aromatic carbocycles. The molecule has 0 heterocycles. The minimum absolute atomic E-state index is 0.126. The molecule has 0 radical (unpaired) electrons. The monoisotopic (exact) mass is 204 g/mol. The largest absolute Gasteiger partial charge is 0.299 e. The average molecular weight is 204 g/mol. The number of ketones is 1. The SMILES string of the molecule is CC(C)(C)C(=O)C1CCC(F)(F)CC1. The van der Waals surface area contributed by atoms with E-state index in [1.165, 1.54) is 0 Å². The molecule has 1 fully saturated rings. The number of alkyl halides is 2. The Morgan fingerprint density at radius 3 is 2.00 bits per heavy atom. The number of halogens is 2. The van der Waals surface area contributed by atoms with Crippen molar-refractivity contribution in [1.29, 1.82) is 0 Å². The quantitative estimate of drug-likeness (QED) is 0.639. The second-order valence-electron chi connectivity index (χ2n) is 5.24. The van der Waals surface area contributed by atoms with Crippen LogP contribution in [0.3, 0.4) is 0 Å². The average Bonchev–Trinajstić information content (AvgIpc) is 2.01. The van der Waals surface area contributed by atoms with E-state index in [9.17, 15) is 13.6 Å². The highest BCUT2D eigenvalue weighted by Gasteiger charge is 2.39. The summed E-state index contributed by atoms with van der Waals surface area (Å²) in [6.45, 7) is 5.55. The Morgan fingerprint density at radius 2 is 1.64 bits per heavy atom. The van der Waals surface area contributed by atoms with E-state index in [1.807, 2.05) is 20.8 Å². The van der Waals surface area contributed by atoms with Crippen LogP contribution in [0.1, 0.15) is 46.5 Å². The second-order valence-corrected chi connectivity index (χ2v) is 5.24. The molecule has 1 aliphatic rings. The molecule has 0 spiro atoms. The van der Waals surface area contributed by atoms with Crippen molar-refractivity contribution in [2.45, 2.75) is 52.4 Å². The molecule has 1 saturated carbocycles. The first-order chi connectivity index (χ1) is 6.22. The molecule has 0 atom stereocenters. The number of carbonyl (C=O) groups is 1. The summed E-state index contributed by atoms with van der Waals surface area (Å²) >= 11 is 0. The topological polar surface area (TPSA) is 17.1 Å². The van der Waals surface area contributed by atoms with Crippen molar-refractivity contribution in [3.63, 3.8) is 0 Å². The first-order valence-corrected chi connectivity index (χ1v) is 5.14. The van der Waals surface area contributed by atoms with Gasteiger partial charge >= 0.3 is 0 Å².